The summed E-state index contributed by atoms with van der Waals surface area (Å²) in [6.07, 6.45) is -1.88. The molecule has 3 rings (SSSR count). The number of benzene rings is 1. The van der Waals surface area contributed by atoms with Gasteiger partial charge in [-0.2, -0.15) is 0 Å². The number of esters is 1. The lowest BCUT2D eigenvalue weighted by Crippen LogP contribution is -2.60. The summed E-state index contributed by atoms with van der Waals surface area (Å²) >= 11 is 0. The minimum Gasteiger partial charge on any atom is -0.459 e. The lowest BCUT2D eigenvalue weighted by molar-refractivity contribution is -0.296. The smallest absolute Gasteiger partial charge is 0.316 e. The van der Waals surface area contributed by atoms with Crippen molar-refractivity contribution in [2.45, 2.75) is 129 Å². The van der Waals surface area contributed by atoms with Crippen molar-refractivity contribution < 1.29 is 48.7 Å². The molecule has 276 valence electrons. The summed E-state index contributed by atoms with van der Waals surface area (Å²) in [5, 5.41) is 34.2. The highest BCUT2D eigenvalue weighted by Gasteiger charge is 2.52. The summed E-state index contributed by atoms with van der Waals surface area (Å²) in [6.45, 7) is 13.1. The maximum Gasteiger partial charge on any atom is 0.316 e. The van der Waals surface area contributed by atoms with Crippen molar-refractivity contribution in [3.05, 3.63) is 42.0 Å². The van der Waals surface area contributed by atoms with E-state index in [0.717, 1.165) is 5.56 Å². The van der Waals surface area contributed by atoms with Crippen molar-refractivity contribution in [3.8, 4) is 0 Å². The summed E-state index contributed by atoms with van der Waals surface area (Å²) in [5.41, 5.74) is -2.37. The highest BCUT2D eigenvalue weighted by atomic mass is 16.7. The van der Waals surface area contributed by atoms with E-state index in [9.17, 15) is 29.7 Å². The average Bonchev–Trinajstić information content (AvgIpc) is 3.06. The first-order chi connectivity index (χ1) is 22.8. The van der Waals surface area contributed by atoms with Gasteiger partial charge < -0.3 is 39.2 Å². The highest BCUT2D eigenvalue weighted by molar-refractivity contribution is 6.00. The molecule has 0 bridgehead atoms. The molecule has 2 heterocycles. The number of nitrogens with zero attached hydrogens (tertiary/aromatic N) is 1. The highest BCUT2D eigenvalue weighted by Crippen LogP contribution is 2.38. The second-order valence-corrected chi connectivity index (χ2v) is 14.8. The Hall–Kier alpha value is -2.51. The molecule has 0 amide bonds. The Labute approximate surface area is 291 Å². The number of hydrogen-bond acceptors (Lipinski definition) is 11. The standard InChI is InChI=1S/C38H59NO10/c1-11-29-38(8,45)33(43)24(4)30(40)22(2)21-37(7,46-19-15-18-27-16-13-12-14-17-27)34(25(5)31(41)26(6)35(44)48-29)49-36-32(42)28(39(9)10)20-23(3)47-36/h12-18,22-26,28-29,32-34,36,42-43,45H,11,19-21H2,1-10H3/b18-15+/t22-,23-,24+,25+,26-,28+,29-,32-,33-,34-,36+,37-,38-/m1/s1. The second-order valence-electron chi connectivity index (χ2n) is 14.8. The van der Waals surface area contributed by atoms with E-state index in [2.05, 4.69) is 0 Å². The third kappa shape index (κ3) is 9.64. The average molecular weight is 690 g/mol. The molecule has 13 atom stereocenters. The Morgan fingerprint density at radius 3 is 2.20 bits per heavy atom. The molecule has 2 saturated heterocycles. The van der Waals surface area contributed by atoms with Crippen LogP contribution in [-0.4, -0.2) is 113 Å². The van der Waals surface area contributed by atoms with Crippen LogP contribution in [0.4, 0.5) is 0 Å². The van der Waals surface area contributed by atoms with Crippen molar-refractivity contribution in [1.29, 1.82) is 0 Å². The molecule has 11 nitrogen and oxygen atoms in total. The number of rotatable bonds is 8. The molecule has 2 aliphatic heterocycles. The SMILES string of the molecule is CC[C@H]1OC(=O)[C@H](C)C(=O)[C@H](C)[C@@H](O[C@@H]2O[C@H](C)C[C@H](N(C)C)[C@H]2O)[C@](C)(OC/C=C/c2ccccc2)C[C@@H](C)C(=O)[C@H](C)[C@@H](O)[C@]1(C)O. The largest absolute Gasteiger partial charge is 0.459 e. The third-order valence-electron chi connectivity index (χ3n) is 10.5. The van der Waals surface area contributed by atoms with Gasteiger partial charge in [0.25, 0.3) is 0 Å². The monoisotopic (exact) mass is 689 g/mol. The minimum atomic E-state index is -1.97. The Balaban J connectivity index is 2.13. The topological polar surface area (TPSA) is 152 Å². The Morgan fingerprint density at radius 1 is 0.980 bits per heavy atom. The predicted molar refractivity (Wildman–Crippen MR) is 185 cm³/mol. The summed E-state index contributed by atoms with van der Waals surface area (Å²) in [5.74, 6) is -5.76. The number of carbonyl (C=O) groups is 3. The van der Waals surface area contributed by atoms with Gasteiger partial charge in [-0.25, -0.2) is 0 Å². The van der Waals surface area contributed by atoms with E-state index in [1.807, 2.05) is 68.4 Å². The van der Waals surface area contributed by atoms with Crippen molar-refractivity contribution in [3.63, 3.8) is 0 Å². The molecule has 0 unspecified atom stereocenters. The summed E-state index contributed by atoms with van der Waals surface area (Å²) < 4.78 is 25.0. The van der Waals surface area contributed by atoms with Crippen molar-refractivity contribution in [2.24, 2.45) is 23.7 Å². The third-order valence-corrected chi connectivity index (χ3v) is 10.5. The van der Waals surface area contributed by atoms with E-state index in [-0.39, 0.29) is 37.4 Å². The number of cyclic esters (lactones) is 1. The van der Waals surface area contributed by atoms with E-state index in [4.69, 9.17) is 18.9 Å². The first kappa shape index (κ1) is 40.9. The van der Waals surface area contributed by atoms with E-state index < -0.39 is 77.3 Å². The molecule has 0 aliphatic carbocycles. The fourth-order valence-electron chi connectivity index (χ4n) is 7.36. The van der Waals surface area contributed by atoms with Gasteiger partial charge in [0.15, 0.2) is 12.1 Å². The van der Waals surface area contributed by atoms with E-state index >= 15 is 0 Å². The van der Waals surface area contributed by atoms with Crippen LogP contribution in [-0.2, 0) is 33.3 Å². The van der Waals surface area contributed by atoms with Crippen LogP contribution in [0.15, 0.2) is 36.4 Å². The number of carbonyl (C=O) groups excluding carboxylic acids is 3. The molecule has 2 aliphatic rings. The van der Waals surface area contributed by atoms with Crippen LogP contribution >= 0.6 is 0 Å². The minimum absolute atomic E-state index is 0.0536. The molecular weight excluding hydrogens is 630 g/mol. The van der Waals surface area contributed by atoms with Crippen molar-refractivity contribution in [1.82, 2.24) is 4.90 Å². The number of hydrogen-bond donors (Lipinski definition) is 3. The van der Waals surface area contributed by atoms with Crippen LogP contribution < -0.4 is 0 Å². The quantitative estimate of drug-likeness (QED) is 0.270. The van der Waals surface area contributed by atoms with Crippen molar-refractivity contribution in [2.75, 3.05) is 20.7 Å². The Morgan fingerprint density at radius 2 is 1.61 bits per heavy atom. The Bertz CT molecular complexity index is 1280. The van der Waals surface area contributed by atoms with E-state index in [1.54, 1.807) is 27.7 Å². The van der Waals surface area contributed by atoms with E-state index in [0.29, 0.717) is 6.42 Å². The van der Waals surface area contributed by atoms with Crippen LogP contribution in [0, 0.1) is 23.7 Å². The van der Waals surface area contributed by atoms with Gasteiger partial charge in [-0.05, 0) is 66.6 Å². The van der Waals surface area contributed by atoms with Gasteiger partial charge in [0, 0.05) is 23.8 Å². The first-order valence-corrected chi connectivity index (χ1v) is 17.5. The molecule has 11 heteroatoms. The lowest BCUT2D eigenvalue weighted by Gasteiger charge is -2.47. The van der Waals surface area contributed by atoms with Gasteiger partial charge in [0.05, 0.1) is 30.5 Å². The molecule has 2 fully saturated rings. The first-order valence-electron chi connectivity index (χ1n) is 17.5. The molecule has 1 aromatic carbocycles. The van der Waals surface area contributed by atoms with Gasteiger partial charge >= 0.3 is 5.97 Å². The fraction of sp³-hybridized carbons (Fsp3) is 0.711. The zero-order chi connectivity index (χ0) is 36.8. The second kappa shape index (κ2) is 17.1. The molecular formula is C38H59NO10. The number of Topliss-reactive ketones (excluding diaryl/α,β-unsaturated/α-hetero) is 2. The number of ether oxygens (including phenoxy) is 4. The maximum absolute atomic E-state index is 14.2. The van der Waals surface area contributed by atoms with Crippen LogP contribution in [0.25, 0.3) is 6.08 Å². The van der Waals surface area contributed by atoms with Gasteiger partial charge in [-0.15, -0.1) is 0 Å². The van der Waals surface area contributed by atoms with Crippen LogP contribution in [0.1, 0.15) is 80.2 Å². The normalized spacial score (nSPS) is 40.4. The molecule has 3 N–H and O–H groups in total. The summed E-state index contributed by atoms with van der Waals surface area (Å²) in [4.78, 5) is 43.5. The summed E-state index contributed by atoms with van der Waals surface area (Å²) in [7, 11) is 3.72. The van der Waals surface area contributed by atoms with Crippen LogP contribution in [0.2, 0.25) is 0 Å². The number of aliphatic hydroxyl groups is 3. The summed E-state index contributed by atoms with van der Waals surface area (Å²) in [6, 6.07) is 9.36. The van der Waals surface area contributed by atoms with Crippen LogP contribution in [0.3, 0.4) is 0 Å². The fourth-order valence-corrected chi connectivity index (χ4v) is 7.36. The molecule has 0 spiro atoms. The van der Waals surface area contributed by atoms with Gasteiger partial charge in [-0.1, -0.05) is 70.2 Å². The maximum atomic E-state index is 14.2. The molecule has 0 aromatic heterocycles. The number of ketones is 2. The number of likely N-dealkylation sites (N-methyl/N-ethyl adjacent to an activating group) is 1. The van der Waals surface area contributed by atoms with E-state index in [1.165, 1.54) is 20.8 Å². The molecule has 1 aromatic rings. The molecule has 49 heavy (non-hydrogen) atoms. The van der Waals surface area contributed by atoms with Gasteiger partial charge in [0.2, 0.25) is 0 Å². The molecule has 0 saturated carbocycles. The molecule has 0 radical (unpaired) electrons. The zero-order valence-corrected chi connectivity index (χ0v) is 30.9. The predicted octanol–water partition coefficient (Wildman–Crippen LogP) is 3.81. The lowest BCUT2D eigenvalue weighted by atomic mass is 9.74. The van der Waals surface area contributed by atoms with Gasteiger partial charge in [-0.3, -0.25) is 14.4 Å². The van der Waals surface area contributed by atoms with Crippen molar-refractivity contribution >= 4 is 23.6 Å². The Kier molecular flexibility index (Phi) is 14.3. The van der Waals surface area contributed by atoms with Crippen LogP contribution in [0.5, 0.6) is 0 Å². The zero-order valence-electron chi connectivity index (χ0n) is 30.9. The van der Waals surface area contributed by atoms with Gasteiger partial charge in [0.1, 0.15) is 29.5 Å². The number of aliphatic hydroxyl groups excluding tert-OH is 2.